The van der Waals surface area contributed by atoms with Crippen molar-refractivity contribution < 1.29 is 9.53 Å². The van der Waals surface area contributed by atoms with Crippen LogP contribution in [-0.2, 0) is 11.3 Å². The Morgan fingerprint density at radius 3 is 2.67 bits per heavy atom. The van der Waals surface area contributed by atoms with Gasteiger partial charge < -0.3 is 15.4 Å². The number of benzene rings is 1. The van der Waals surface area contributed by atoms with E-state index in [9.17, 15) is 4.79 Å². The van der Waals surface area contributed by atoms with Crippen molar-refractivity contribution in [3.8, 4) is 5.75 Å². The molecule has 5 heteroatoms. The number of hydrogen-bond donors (Lipinski definition) is 1. The number of carbonyl (C=O) groups is 1. The number of rotatable bonds is 7. The van der Waals surface area contributed by atoms with E-state index in [2.05, 4.69) is 0 Å². The maximum absolute atomic E-state index is 12.4. The molecule has 0 spiro atoms. The molecule has 0 aliphatic heterocycles. The van der Waals surface area contributed by atoms with Crippen LogP contribution in [0.1, 0.15) is 32.3 Å². The molecule has 0 aromatic heterocycles. The summed E-state index contributed by atoms with van der Waals surface area (Å²) < 4.78 is 5.38. The first-order valence-electron chi connectivity index (χ1n) is 7.11. The summed E-state index contributed by atoms with van der Waals surface area (Å²) in [7, 11) is 3.45. The van der Waals surface area contributed by atoms with Gasteiger partial charge in [0.15, 0.2) is 0 Å². The largest absolute Gasteiger partial charge is 0.496 e. The minimum Gasteiger partial charge on any atom is -0.496 e. The zero-order valence-electron chi connectivity index (χ0n) is 13.6. The van der Waals surface area contributed by atoms with Crippen LogP contribution in [0.3, 0.4) is 0 Å². The van der Waals surface area contributed by atoms with Crippen molar-refractivity contribution in [3.63, 3.8) is 0 Å². The molecule has 0 saturated carbocycles. The molecule has 118 valence electrons. The predicted octanol–water partition coefficient (Wildman–Crippen LogP) is 2.89. The lowest BCUT2D eigenvalue weighted by atomic mass is 9.96. The van der Waals surface area contributed by atoms with Crippen molar-refractivity contribution in [3.05, 3.63) is 23.8 Å². The van der Waals surface area contributed by atoms with Crippen molar-refractivity contribution in [2.45, 2.75) is 43.7 Å². The van der Waals surface area contributed by atoms with E-state index in [-0.39, 0.29) is 5.91 Å². The van der Waals surface area contributed by atoms with Gasteiger partial charge in [0, 0.05) is 18.5 Å². The third-order valence-corrected chi connectivity index (χ3v) is 4.25. The molecule has 1 rings (SSSR count). The highest BCUT2D eigenvalue weighted by Crippen LogP contribution is 2.28. The van der Waals surface area contributed by atoms with Gasteiger partial charge in [0.25, 0.3) is 0 Å². The summed E-state index contributed by atoms with van der Waals surface area (Å²) in [6.07, 6.45) is 3.59. The fourth-order valence-electron chi connectivity index (χ4n) is 2.39. The Kier molecular flexibility index (Phi) is 6.55. The van der Waals surface area contributed by atoms with Gasteiger partial charge in [0.1, 0.15) is 5.75 Å². The van der Waals surface area contributed by atoms with Crippen LogP contribution < -0.4 is 10.5 Å². The number of thioether (sulfide) groups is 1. The van der Waals surface area contributed by atoms with Gasteiger partial charge in [-0.3, -0.25) is 4.79 Å². The molecule has 1 atom stereocenters. The van der Waals surface area contributed by atoms with Crippen LogP contribution in [0.5, 0.6) is 5.75 Å². The molecule has 0 aliphatic rings. The van der Waals surface area contributed by atoms with Crippen LogP contribution in [0.4, 0.5) is 0 Å². The van der Waals surface area contributed by atoms with Crippen LogP contribution in [0.2, 0.25) is 0 Å². The average Bonchev–Trinajstić information content (AvgIpc) is 2.46. The summed E-state index contributed by atoms with van der Waals surface area (Å²) in [5.74, 6) is 0.808. The van der Waals surface area contributed by atoms with Crippen molar-refractivity contribution in [1.29, 1.82) is 0 Å². The average molecular weight is 310 g/mol. The topological polar surface area (TPSA) is 55.6 Å². The summed E-state index contributed by atoms with van der Waals surface area (Å²) in [4.78, 5) is 15.2. The molecule has 1 aromatic carbocycles. The third kappa shape index (κ3) is 4.64. The normalized spacial score (nSPS) is 13.6. The van der Waals surface area contributed by atoms with Gasteiger partial charge in [-0.05, 0) is 37.3 Å². The van der Waals surface area contributed by atoms with E-state index in [4.69, 9.17) is 10.5 Å². The molecule has 0 heterocycles. The van der Waals surface area contributed by atoms with Gasteiger partial charge in [-0.25, -0.2) is 0 Å². The van der Waals surface area contributed by atoms with Crippen molar-refractivity contribution in [2.24, 2.45) is 5.73 Å². The molecular weight excluding hydrogens is 284 g/mol. The second-order valence-corrected chi connectivity index (χ2v) is 6.37. The van der Waals surface area contributed by atoms with E-state index in [1.807, 2.05) is 31.4 Å². The van der Waals surface area contributed by atoms with E-state index >= 15 is 0 Å². The Balaban J connectivity index is 2.83. The van der Waals surface area contributed by atoms with E-state index in [1.54, 1.807) is 37.7 Å². The minimum atomic E-state index is -0.799. The van der Waals surface area contributed by atoms with E-state index in [0.717, 1.165) is 22.6 Å². The van der Waals surface area contributed by atoms with Crippen molar-refractivity contribution in [2.75, 3.05) is 20.4 Å². The lowest BCUT2D eigenvalue weighted by Crippen LogP contribution is -2.51. The molecule has 0 radical (unpaired) electrons. The van der Waals surface area contributed by atoms with Gasteiger partial charge in [0.2, 0.25) is 5.91 Å². The molecule has 0 bridgehead atoms. The molecule has 0 aliphatic carbocycles. The monoisotopic (exact) mass is 310 g/mol. The Hall–Kier alpha value is -1.20. The van der Waals surface area contributed by atoms with Gasteiger partial charge >= 0.3 is 0 Å². The second kappa shape index (κ2) is 7.71. The summed E-state index contributed by atoms with van der Waals surface area (Å²) in [5, 5.41) is 0. The molecule has 2 N–H and O–H groups in total. The number of likely N-dealkylation sites (N-methyl/N-ethyl adjacent to an activating group) is 1. The Labute approximate surface area is 132 Å². The first-order chi connectivity index (χ1) is 9.85. The maximum atomic E-state index is 12.4. The third-order valence-electron chi connectivity index (χ3n) is 3.47. The number of carbonyl (C=O) groups excluding carboxylic acids is 1. The van der Waals surface area contributed by atoms with Crippen LogP contribution >= 0.6 is 11.8 Å². The Bertz CT molecular complexity index is 489. The summed E-state index contributed by atoms with van der Waals surface area (Å²) in [6, 6.07) is 6.01. The van der Waals surface area contributed by atoms with Gasteiger partial charge in [-0.1, -0.05) is 19.4 Å². The first-order valence-corrected chi connectivity index (χ1v) is 8.33. The zero-order chi connectivity index (χ0) is 16.0. The van der Waals surface area contributed by atoms with Crippen LogP contribution in [0, 0.1) is 0 Å². The van der Waals surface area contributed by atoms with Gasteiger partial charge in [-0.15, -0.1) is 11.8 Å². The van der Waals surface area contributed by atoms with Crippen molar-refractivity contribution in [1.82, 2.24) is 4.90 Å². The van der Waals surface area contributed by atoms with Crippen molar-refractivity contribution >= 4 is 17.7 Å². The SMILES string of the molecule is CCCC(C)(N)C(=O)N(C)Cc1ccc(SC)c(OC)c1. The van der Waals surface area contributed by atoms with Gasteiger partial charge in [0.05, 0.1) is 12.6 Å². The quantitative estimate of drug-likeness (QED) is 0.787. The Morgan fingerprint density at radius 2 is 2.14 bits per heavy atom. The summed E-state index contributed by atoms with van der Waals surface area (Å²) in [5.41, 5.74) is 6.34. The number of methoxy groups -OCH3 is 1. The Morgan fingerprint density at radius 1 is 1.48 bits per heavy atom. The standard InChI is InChI=1S/C16H26N2O2S/c1-6-9-16(2,17)15(19)18(3)11-12-7-8-14(21-5)13(10-12)20-4/h7-8,10H,6,9,11,17H2,1-5H3. The molecule has 1 unspecified atom stereocenters. The predicted molar refractivity (Wildman–Crippen MR) is 88.7 cm³/mol. The molecule has 0 saturated heterocycles. The number of ether oxygens (including phenoxy) is 1. The van der Waals surface area contributed by atoms with Crippen LogP contribution in [0.25, 0.3) is 0 Å². The smallest absolute Gasteiger partial charge is 0.242 e. The molecule has 1 amide bonds. The van der Waals surface area contributed by atoms with E-state index in [0.29, 0.717) is 13.0 Å². The number of nitrogens with two attached hydrogens (primary N) is 1. The van der Waals surface area contributed by atoms with Gasteiger partial charge in [-0.2, -0.15) is 0 Å². The highest BCUT2D eigenvalue weighted by atomic mass is 32.2. The van der Waals surface area contributed by atoms with E-state index < -0.39 is 5.54 Å². The van der Waals surface area contributed by atoms with E-state index in [1.165, 1.54) is 0 Å². The molecule has 21 heavy (non-hydrogen) atoms. The second-order valence-electron chi connectivity index (χ2n) is 5.52. The maximum Gasteiger partial charge on any atom is 0.242 e. The fourth-order valence-corrected chi connectivity index (χ4v) is 2.93. The molecule has 0 fully saturated rings. The lowest BCUT2D eigenvalue weighted by Gasteiger charge is -2.29. The number of hydrogen-bond acceptors (Lipinski definition) is 4. The fraction of sp³-hybridized carbons (Fsp3) is 0.562. The minimum absolute atomic E-state index is 0.0303. The summed E-state index contributed by atoms with van der Waals surface area (Å²) >= 11 is 1.64. The number of amides is 1. The molecule has 4 nitrogen and oxygen atoms in total. The zero-order valence-corrected chi connectivity index (χ0v) is 14.4. The highest BCUT2D eigenvalue weighted by Gasteiger charge is 2.30. The lowest BCUT2D eigenvalue weighted by molar-refractivity contribution is -0.135. The molecule has 1 aromatic rings. The van der Waals surface area contributed by atoms with Crippen LogP contribution in [0.15, 0.2) is 23.1 Å². The number of nitrogens with zero attached hydrogens (tertiary/aromatic N) is 1. The summed E-state index contributed by atoms with van der Waals surface area (Å²) in [6.45, 7) is 4.36. The molecular formula is C16H26N2O2S. The first kappa shape index (κ1) is 17.9. The van der Waals surface area contributed by atoms with Crippen LogP contribution in [-0.4, -0.2) is 36.8 Å². The highest BCUT2D eigenvalue weighted by molar-refractivity contribution is 7.98.